The number of aryl methyl sites for hydroxylation is 2. The molecule has 7 nitrogen and oxygen atoms in total. The Bertz CT molecular complexity index is 1200. The van der Waals surface area contributed by atoms with Gasteiger partial charge in [-0.05, 0) is 69.4 Å². The monoisotopic (exact) mass is 428 g/mol. The molecule has 0 aliphatic heterocycles. The van der Waals surface area contributed by atoms with E-state index in [9.17, 15) is 14.4 Å². The minimum Gasteiger partial charge on any atom is -0.494 e. The van der Waals surface area contributed by atoms with Crippen LogP contribution >= 0.6 is 11.3 Å². The molecular weight excluding hydrogens is 404 g/mol. The SMILES string of the molecule is CCOC(=O)Cn1c(=O)n(-c2ccc(OCC)cc2)c(=O)c2c3c(sc21)CCCC3. The zero-order valence-corrected chi connectivity index (χ0v) is 17.9. The first-order chi connectivity index (χ1) is 14.5. The molecule has 0 atom stereocenters. The van der Waals surface area contributed by atoms with Gasteiger partial charge in [-0.15, -0.1) is 11.3 Å². The second-order valence-electron chi connectivity index (χ2n) is 7.13. The summed E-state index contributed by atoms with van der Waals surface area (Å²) in [6.07, 6.45) is 3.78. The highest BCUT2D eigenvalue weighted by Gasteiger charge is 2.25. The number of nitrogens with zero attached hydrogens (tertiary/aromatic N) is 2. The van der Waals surface area contributed by atoms with E-state index in [-0.39, 0.29) is 18.7 Å². The molecule has 30 heavy (non-hydrogen) atoms. The predicted octanol–water partition coefficient (Wildman–Crippen LogP) is 3.05. The summed E-state index contributed by atoms with van der Waals surface area (Å²) < 4.78 is 13.1. The number of esters is 1. The first-order valence-corrected chi connectivity index (χ1v) is 11.1. The summed E-state index contributed by atoms with van der Waals surface area (Å²) in [5.74, 6) is 0.166. The quantitative estimate of drug-likeness (QED) is 0.564. The van der Waals surface area contributed by atoms with Gasteiger partial charge in [0.2, 0.25) is 0 Å². The van der Waals surface area contributed by atoms with E-state index >= 15 is 0 Å². The number of thiophene rings is 1. The predicted molar refractivity (Wildman–Crippen MR) is 116 cm³/mol. The summed E-state index contributed by atoms with van der Waals surface area (Å²) in [7, 11) is 0. The lowest BCUT2D eigenvalue weighted by Gasteiger charge is -2.13. The zero-order valence-electron chi connectivity index (χ0n) is 17.1. The topological polar surface area (TPSA) is 79.5 Å². The second-order valence-corrected chi connectivity index (χ2v) is 8.22. The van der Waals surface area contributed by atoms with E-state index in [1.807, 2.05) is 6.92 Å². The molecule has 3 aromatic rings. The number of carbonyl (C=O) groups is 1. The fraction of sp³-hybridized carbons (Fsp3) is 0.409. The normalized spacial score (nSPS) is 13.3. The van der Waals surface area contributed by atoms with Crippen LogP contribution in [0, 0.1) is 0 Å². The molecule has 2 aromatic heterocycles. The van der Waals surface area contributed by atoms with Gasteiger partial charge in [-0.3, -0.25) is 14.2 Å². The van der Waals surface area contributed by atoms with Crippen molar-refractivity contribution in [3.8, 4) is 11.4 Å². The Morgan fingerprint density at radius 3 is 2.50 bits per heavy atom. The number of fused-ring (bicyclic) bond motifs is 3. The van der Waals surface area contributed by atoms with Crippen molar-refractivity contribution in [3.63, 3.8) is 0 Å². The largest absolute Gasteiger partial charge is 0.494 e. The molecular formula is C22H24N2O5S. The van der Waals surface area contributed by atoms with Crippen LogP contribution < -0.4 is 16.0 Å². The van der Waals surface area contributed by atoms with E-state index < -0.39 is 11.7 Å². The molecule has 0 bridgehead atoms. The molecule has 8 heteroatoms. The summed E-state index contributed by atoms with van der Waals surface area (Å²) in [5.41, 5.74) is 0.592. The Morgan fingerprint density at radius 1 is 1.07 bits per heavy atom. The number of hydrogen-bond acceptors (Lipinski definition) is 6. The van der Waals surface area contributed by atoms with Crippen LogP contribution in [0.1, 0.15) is 37.1 Å². The Morgan fingerprint density at radius 2 is 1.80 bits per heavy atom. The zero-order chi connectivity index (χ0) is 21.3. The average Bonchev–Trinajstić information content (AvgIpc) is 3.12. The van der Waals surface area contributed by atoms with Crippen molar-refractivity contribution in [3.05, 3.63) is 55.5 Å². The van der Waals surface area contributed by atoms with Crippen molar-refractivity contribution < 1.29 is 14.3 Å². The standard InChI is InChI=1S/C22H24N2O5S/c1-3-28-15-11-9-14(10-12-15)24-20(26)19-16-7-5-6-8-17(16)30-21(19)23(22(24)27)13-18(25)29-4-2/h9-12H,3-8,13H2,1-2H3. The van der Waals surface area contributed by atoms with Gasteiger partial charge in [-0.25, -0.2) is 9.36 Å². The third-order valence-electron chi connectivity index (χ3n) is 5.24. The van der Waals surface area contributed by atoms with Crippen molar-refractivity contribution in [2.45, 2.75) is 46.1 Å². The number of benzene rings is 1. The van der Waals surface area contributed by atoms with Crippen LogP contribution in [0.4, 0.5) is 0 Å². The lowest BCUT2D eigenvalue weighted by atomic mass is 9.97. The van der Waals surface area contributed by atoms with Crippen molar-refractivity contribution in [1.29, 1.82) is 0 Å². The maximum atomic E-state index is 13.5. The van der Waals surface area contributed by atoms with Crippen molar-refractivity contribution in [2.75, 3.05) is 13.2 Å². The molecule has 0 fully saturated rings. The molecule has 1 aliphatic rings. The van der Waals surface area contributed by atoms with Crippen LogP contribution in [0.25, 0.3) is 15.9 Å². The van der Waals surface area contributed by atoms with E-state index in [1.54, 1.807) is 31.2 Å². The number of ether oxygens (including phenoxy) is 2. The van der Waals surface area contributed by atoms with Crippen LogP contribution in [0.5, 0.6) is 5.75 Å². The third-order valence-corrected chi connectivity index (χ3v) is 6.55. The van der Waals surface area contributed by atoms with Crippen molar-refractivity contribution >= 4 is 27.5 Å². The minimum absolute atomic E-state index is 0.222. The van der Waals surface area contributed by atoms with Crippen LogP contribution in [0.15, 0.2) is 33.9 Å². The molecule has 1 aromatic carbocycles. The summed E-state index contributed by atoms with van der Waals surface area (Å²) >= 11 is 1.45. The van der Waals surface area contributed by atoms with Crippen LogP contribution in [-0.4, -0.2) is 28.3 Å². The molecule has 0 unspecified atom stereocenters. The average molecular weight is 429 g/mol. The summed E-state index contributed by atoms with van der Waals surface area (Å²) in [6.45, 7) is 4.15. The van der Waals surface area contributed by atoms with Crippen LogP contribution in [-0.2, 0) is 28.9 Å². The van der Waals surface area contributed by atoms with Gasteiger partial charge < -0.3 is 9.47 Å². The number of aromatic nitrogens is 2. The first-order valence-electron chi connectivity index (χ1n) is 10.2. The summed E-state index contributed by atoms with van der Waals surface area (Å²) in [5, 5.41) is 0.549. The van der Waals surface area contributed by atoms with Gasteiger partial charge in [0.15, 0.2) is 0 Å². The van der Waals surface area contributed by atoms with E-state index in [0.29, 0.717) is 28.3 Å². The number of hydrogen-bond donors (Lipinski definition) is 0. The fourth-order valence-electron chi connectivity index (χ4n) is 3.93. The van der Waals surface area contributed by atoms with E-state index in [4.69, 9.17) is 9.47 Å². The van der Waals surface area contributed by atoms with E-state index in [2.05, 4.69) is 0 Å². The molecule has 0 amide bonds. The maximum Gasteiger partial charge on any atom is 0.337 e. The van der Waals surface area contributed by atoms with Gasteiger partial charge in [0, 0.05) is 4.88 Å². The third kappa shape index (κ3) is 3.56. The van der Waals surface area contributed by atoms with Gasteiger partial charge in [-0.2, -0.15) is 0 Å². The Labute approximate surface area is 177 Å². The number of rotatable bonds is 6. The molecule has 0 N–H and O–H groups in total. The first kappa shape index (κ1) is 20.4. The van der Waals surface area contributed by atoms with Gasteiger partial charge in [-0.1, -0.05) is 0 Å². The highest BCUT2D eigenvalue weighted by molar-refractivity contribution is 7.18. The summed E-state index contributed by atoms with van der Waals surface area (Å²) in [4.78, 5) is 40.7. The van der Waals surface area contributed by atoms with Gasteiger partial charge >= 0.3 is 11.7 Å². The Balaban J connectivity index is 1.96. The highest BCUT2D eigenvalue weighted by Crippen LogP contribution is 2.34. The molecule has 0 radical (unpaired) electrons. The molecule has 0 spiro atoms. The molecule has 158 valence electrons. The van der Waals surface area contributed by atoms with E-state index in [0.717, 1.165) is 40.7 Å². The van der Waals surface area contributed by atoms with Crippen LogP contribution in [0.2, 0.25) is 0 Å². The Hall–Kier alpha value is -2.87. The van der Waals surface area contributed by atoms with Gasteiger partial charge in [0.1, 0.15) is 17.1 Å². The molecule has 2 heterocycles. The lowest BCUT2D eigenvalue weighted by molar-refractivity contribution is -0.143. The highest BCUT2D eigenvalue weighted by atomic mass is 32.1. The van der Waals surface area contributed by atoms with Gasteiger partial charge in [0.05, 0.1) is 24.3 Å². The van der Waals surface area contributed by atoms with Crippen molar-refractivity contribution in [1.82, 2.24) is 9.13 Å². The van der Waals surface area contributed by atoms with E-state index in [1.165, 1.54) is 15.9 Å². The minimum atomic E-state index is -0.539. The lowest BCUT2D eigenvalue weighted by Crippen LogP contribution is -2.40. The molecule has 0 saturated carbocycles. The molecule has 4 rings (SSSR count). The van der Waals surface area contributed by atoms with Gasteiger partial charge in [0.25, 0.3) is 5.56 Å². The van der Waals surface area contributed by atoms with Crippen LogP contribution in [0.3, 0.4) is 0 Å². The summed E-state index contributed by atoms with van der Waals surface area (Å²) in [6, 6.07) is 6.83. The smallest absolute Gasteiger partial charge is 0.337 e. The second kappa shape index (κ2) is 8.47. The maximum absolute atomic E-state index is 13.5. The Kier molecular flexibility index (Phi) is 5.76. The van der Waals surface area contributed by atoms with Crippen molar-refractivity contribution in [2.24, 2.45) is 0 Å². The molecule has 1 aliphatic carbocycles. The molecule has 0 saturated heterocycles. The number of carbonyl (C=O) groups excluding carboxylic acids is 1. The fourth-order valence-corrected chi connectivity index (χ4v) is 5.30.